The van der Waals surface area contributed by atoms with Gasteiger partial charge in [0.05, 0.1) is 13.2 Å². The van der Waals surface area contributed by atoms with Gasteiger partial charge in [0.1, 0.15) is 29.7 Å². The molecular formula is C25H35N5O4. The lowest BCUT2D eigenvalue weighted by Gasteiger charge is -2.09. The molecule has 0 fully saturated rings. The lowest BCUT2D eigenvalue weighted by molar-refractivity contribution is -0.135. The van der Waals surface area contributed by atoms with E-state index in [1.165, 1.54) is 0 Å². The molecule has 0 amide bonds. The van der Waals surface area contributed by atoms with Crippen molar-refractivity contribution < 1.29 is 19.4 Å². The monoisotopic (exact) mass is 469 g/mol. The van der Waals surface area contributed by atoms with Gasteiger partial charge in [-0.05, 0) is 80.9 Å². The molecule has 0 aromatic heterocycles. The molecule has 0 radical (unpaired) electrons. The Morgan fingerprint density at radius 1 is 0.824 bits per heavy atom. The maximum atomic E-state index is 10.5. The van der Waals surface area contributed by atoms with Gasteiger partial charge in [0.2, 0.25) is 0 Å². The molecule has 0 aliphatic heterocycles. The second-order valence-corrected chi connectivity index (χ2v) is 7.77. The highest BCUT2D eigenvalue weighted by Crippen LogP contribution is 2.13. The maximum Gasteiger partial charge on any atom is 0.325 e. The van der Waals surface area contributed by atoms with Crippen LogP contribution in [0.3, 0.4) is 0 Å². The molecule has 0 unspecified atom stereocenters. The third-order valence-corrected chi connectivity index (χ3v) is 4.98. The van der Waals surface area contributed by atoms with Gasteiger partial charge in [0.15, 0.2) is 0 Å². The van der Waals surface area contributed by atoms with Crippen LogP contribution < -0.4 is 26.3 Å². The number of carboxylic acid groups (broad SMARTS) is 1. The molecule has 0 heterocycles. The van der Waals surface area contributed by atoms with Gasteiger partial charge in [0.25, 0.3) is 0 Å². The Balaban J connectivity index is 1.43. The first-order valence-electron chi connectivity index (χ1n) is 11.5. The molecule has 0 aliphatic carbocycles. The van der Waals surface area contributed by atoms with E-state index in [0.29, 0.717) is 24.3 Å². The van der Waals surface area contributed by atoms with Crippen molar-refractivity contribution in [2.45, 2.75) is 32.1 Å². The zero-order valence-corrected chi connectivity index (χ0v) is 19.5. The number of nitrogens with two attached hydrogens (primary N) is 2. The van der Waals surface area contributed by atoms with Crippen molar-refractivity contribution in [3.05, 3.63) is 59.7 Å². The van der Waals surface area contributed by atoms with Crippen LogP contribution in [0.1, 0.15) is 43.2 Å². The first kappa shape index (κ1) is 26.7. The van der Waals surface area contributed by atoms with Gasteiger partial charge in [-0.25, -0.2) is 0 Å². The predicted octanol–water partition coefficient (Wildman–Crippen LogP) is 2.76. The summed E-state index contributed by atoms with van der Waals surface area (Å²) in [6, 6.07) is 14.4. The number of aliphatic imine (C=N–C) groups is 1. The van der Waals surface area contributed by atoms with E-state index < -0.39 is 5.97 Å². The van der Waals surface area contributed by atoms with E-state index in [-0.39, 0.29) is 18.2 Å². The van der Waals surface area contributed by atoms with Crippen LogP contribution in [-0.4, -0.2) is 55.6 Å². The predicted molar refractivity (Wildman–Crippen MR) is 134 cm³/mol. The number of nitrogens with zero attached hydrogens (tertiary/aromatic N) is 1. The van der Waals surface area contributed by atoms with Crippen LogP contribution in [0.15, 0.2) is 53.5 Å². The Morgan fingerprint density at radius 3 is 1.94 bits per heavy atom. The minimum atomic E-state index is -1.02. The fourth-order valence-electron chi connectivity index (χ4n) is 3.10. The largest absolute Gasteiger partial charge is 0.494 e. The van der Waals surface area contributed by atoms with Crippen molar-refractivity contribution in [2.75, 3.05) is 32.8 Å². The topological polar surface area (TPSA) is 156 Å². The Morgan fingerprint density at radius 2 is 1.35 bits per heavy atom. The van der Waals surface area contributed by atoms with Gasteiger partial charge in [-0.15, -0.1) is 0 Å². The molecule has 9 heteroatoms. The van der Waals surface area contributed by atoms with Gasteiger partial charge in [-0.1, -0.05) is 12.8 Å². The summed E-state index contributed by atoms with van der Waals surface area (Å²) in [5.74, 6) is 0.792. The van der Waals surface area contributed by atoms with E-state index in [1.54, 1.807) is 36.4 Å². The molecule has 2 rings (SSSR count). The van der Waals surface area contributed by atoms with Crippen molar-refractivity contribution in [3.63, 3.8) is 0 Å². The molecule has 9 nitrogen and oxygen atoms in total. The zero-order chi connectivity index (χ0) is 24.6. The third kappa shape index (κ3) is 10.8. The fourth-order valence-corrected chi connectivity index (χ4v) is 3.10. The molecular weight excluding hydrogens is 434 g/mol. The number of amidine groups is 2. The van der Waals surface area contributed by atoms with Crippen LogP contribution in [0.4, 0.5) is 0 Å². The molecule has 0 aliphatic rings. The highest BCUT2D eigenvalue weighted by molar-refractivity contribution is 5.98. The molecule has 184 valence electrons. The van der Waals surface area contributed by atoms with E-state index >= 15 is 0 Å². The minimum absolute atomic E-state index is 0.0621. The molecule has 7 N–H and O–H groups in total. The Hall–Kier alpha value is -3.59. The van der Waals surface area contributed by atoms with E-state index in [1.807, 2.05) is 12.1 Å². The SMILES string of the molecule is N=C(N)c1ccc(OCCCCCCNCCCOc2ccc(C(N)=NCC(=O)O)cc2)cc1. The van der Waals surface area contributed by atoms with Gasteiger partial charge in [-0.3, -0.25) is 15.2 Å². The van der Waals surface area contributed by atoms with Crippen LogP contribution in [0.5, 0.6) is 11.5 Å². The number of hydrogen-bond donors (Lipinski definition) is 5. The van der Waals surface area contributed by atoms with Gasteiger partial charge < -0.3 is 31.4 Å². The number of rotatable bonds is 17. The first-order valence-corrected chi connectivity index (χ1v) is 11.5. The number of aliphatic carboxylic acids is 1. The number of unbranched alkanes of at least 4 members (excludes halogenated alkanes) is 3. The molecule has 0 bridgehead atoms. The van der Waals surface area contributed by atoms with Crippen LogP contribution in [-0.2, 0) is 4.79 Å². The number of carboxylic acids is 1. The summed E-state index contributed by atoms with van der Waals surface area (Å²) in [5, 5.41) is 19.5. The summed E-state index contributed by atoms with van der Waals surface area (Å²) in [6.07, 6.45) is 5.32. The molecule has 0 spiro atoms. The smallest absolute Gasteiger partial charge is 0.325 e. The standard InChI is InChI=1S/C25H35N5O4/c26-24(27)19-6-10-21(11-7-19)33-16-4-2-1-3-14-29-15-5-17-34-22-12-8-20(9-13-22)25(28)30-18-23(31)32/h6-13,29H,1-5,14-18H2,(H3,26,27)(H2,28,30)(H,31,32). The fraction of sp³-hybridized carbons (Fsp3) is 0.400. The highest BCUT2D eigenvalue weighted by Gasteiger charge is 2.02. The van der Waals surface area contributed by atoms with Crippen LogP contribution in [0, 0.1) is 5.41 Å². The number of hydrogen-bond acceptors (Lipinski definition) is 6. The summed E-state index contributed by atoms with van der Waals surface area (Å²) in [7, 11) is 0. The van der Waals surface area contributed by atoms with Crippen LogP contribution in [0.25, 0.3) is 0 Å². The lowest BCUT2D eigenvalue weighted by Crippen LogP contribution is -2.18. The molecule has 2 aromatic rings. The van der Waals surface area contributed by atoms with Crippen LogP contribution >= 0.6 is 0 Å². The Kier molecular flexibility index (Phi) is 12.0. The summed E-state index contributed by atoms with van der Waals surface area (Å²) in [5.41, 5.74) is 12.6. The second kappa shape index (κ2) is 15.3. The van der Waals surface area contributed by atoms with Gasteiger partial charge in [-0.2, -0.15) is 0 Å². The third-order valence-electron chi connectivity index (χ3n) is 4.98. The average Bonchev–Trinajstić information content (AvgIpc) is 2.83. The van der Waals surface area contributed by atoms with E-state index in [4.69, 9.17) is 31.5 Å². The summed E-state index contributed by atoms with van der Waals surface area (Å²) in [6.45, 7) is 2.83. The Bertz CT molecular complexity index is 914. The number of nitrogens with one attached hydrogen (secondary N) is 2. The van der Waals surface area contributed by atoms with E-state index in [0.717, 1.165) is 56.7 Å². The van der Waals surface area contributed by atoms with Gasteiger partial charge in [0, 0.05) is 11.1 Å². The lowest BCUT2D eigenvalue weighted by atomic mass is 10.2. The summed E-state index contributed by atoms with van der Waals surface area (Å²) < 4.78 is 11.4. The van der Waals surface area contributed by atoms with Crippen molar-refractivity contribution >= 4 is 17.6 Å². The quantitative estimate of drug-likeness (QED) is 0.135. The molecule has 0 saturated heterocycles. The van der Waals surface area contributed by atoms with Crippen LogP contribution in [0.2, 0.25) is 0 Å². The maximum absolute atomic E-state index is 10.5. The molecule has 0 saturated carbocycles. The van der Waals surface area contributed by atoms with E-state index in [9.17, 15) is 4.79 Å². The first-order chi connectivity index (χ1) is 16.5. The van der Waals surface area contributed by atoms with Crippen molar-refractivity contribution in [1.82, 2.24) is 5.32 Å². The summed E-state index contributed by atoms with van der Waals surface area (Å²) >= 11 is 0. The highest BCUT2D eigenvalue weighted by atomic mass is 16.5. The van der Waals surface area contributed by atoms with Crippen molar-refractivity contribution in [3.8, 4) is 11.5 Å². The normalized spacial score (nSPS) is 11.2. The van der Waals surface area contributed by atoms with Gasteiger partial charge >= 0.3 is 5.97 Å². The van der Waals surface area contributed by atoms with E-state index in [2.05, 4.69) is 10.3 Å². The zero-order valence-electron chi connectivity index (χ0n) is 19.5. The second-order valence-electron chi connectivity index (χ2n) is 7.77. The number of benzene rings is 2. The molecule has 2 aromatic carbocycles. The summed E-state index contributed by atoms with van der Waals surface area (Å²) in [4.78, 5) is 14.3. The minimum Gasteiger partial charge on any atom is -0.494 e. The molecule has 34 heavy (non-hydrogen) atoms. The average molecular weight is 470 g/mol. The number of carbonyl (C=O) groups is 1. The number of ether oxygens (including phenoxy) is 2. The molecule has 0 atom stereocenters. The Labute approximate surface area is 200 Å². The van der Waals surface area contributed by atoms with Crippen molar-refractivity contribution in [1.29, 1.82) is 5.41 Å². The van der Waals surface area contributed by atoms with Crippen molar-refractivity contribution in [2.24, 2.45) is 16.5 Å². The number of nitrogen functional groups attached to an aromatic ring is 1.